The molecule has 0 radical (unpaired) electrons. The van der Waals surface area contributed by atoms with Gasteiger partial charge in [-0.2, -0.15) is 0 Å². The molecule has 0 amide bonds. The number of hydrogen-bond acceptors (Lipinski definition) is 4. The SMILES string of the molecule is COC1NC(C(=O)OC(C)(C)C)CCC1Br. The average Bonchev–Trinajstić information content (AvgIpc) is 2.15. The summed E-state index contributed by atoms with van der Waals surface area (Å²) < 4.78 is 10.6. The molecule has 1 rings (SSSR count). The number of methoxy groups -OCH3 is 1. The van der Waals surface area contributed by atoms with Crippen molar-refractivity contribution < 1.29 is 14.3 Å². The molecular weight excluding hydrogens is 274 g/mol. The van der Waals surface area contributed by atoms with Gasteiger partial charge in [-0.05, 0) is 33.6 Å². The molecular formula is C11H20BrNO3. The van der Waals surface area contributed by atoms with Crippen LogP contribution in [0.5, 0.6) is 0 Å². The van der Waals surface area contributed by atoms with E-state index in [0.717, 1.165) is 12.8 Å². The third-order valence-corrected chi connectivity index (χ3v) is 3.31. The van der Waals surface area contributed by atoms with Gasteiger partial charge in [0.05, 0.1) is 4.83 Å². The average molecular weight is 294 g/mol. The van der Waals surface area contributed by atoms with Crippen LogP contribution in [0, 0.1) is 0 Å². The van der Waals surface area contributed by atoms with Crippen LogP contribution in [0.2, 0.25) is 0 Å². The summed E-state index contributed by atoms with van der Waals surface area (Å²) in [6, 6.07) is -0.266. The Labute approximate surface area is 105 Å². The minimum atomic E-state index is -0.438. The van der Waals surface area contributed by atoms with Crippen LogP contribution in [-0.4, -0.2) is 35.8 Å². The third kappa shape index (κ3) is 4.03. The van der Waals surface area contributed by atoms with Crippen LogP contribution in [0.15, 0.2) is 0 Å². The minimum absolute atomic E-state index is 0.133. The molecule has 94 valence electrons. The largest absolute Gasteiger partial charge is 0.459 e. The summed E-state index contributed by atoms with van der Waals surface area (Å²) in [7, 11) is 1.63. The number of rotatable bonds is 2. The Morgan fingerprint density at radius 3 is 2.50 bits per heavy atom. The molecule has 1 saturated heterocycles. The van der Waals surface area contributed by atoms with Gasteiger partial charge in [0.2, 0.25) is 0 Å². The van der Waals surface area contributed by atoms with E-state index >= 15 is 0 Å². The number of carbonyl (C=O) groups is 1. The molecule has 5 heteroatoms. The molecule has 1 aliphatic heterocycles. The van der Waals surface area contributed by atoms with E-state index in [1.807, 2.05) is 20.8 Å². The van der Waals surface area contributed by atoms with Crippen LogP contribution in [0.4, 0.5) is 0 Å². The molecule has 0 aromatic rings. The number of piperidine rings is 1. The van der Waals surface area contributed by atoms with E-state index in [-0.39, 0.29) is 23.1 Å². The Kier molecular flexibility index (Phi) is 4.76. The summed E-state index contributed by atoms with van der Waals surface area (Å²) in [6.45, 7) is 5.61. The van der Waals surface area contributed by atoms with Gasteiger partial charge < -0.3 is 9.47 Å². The summed E-state index contributed by atoms with van der Waals surface area (Å²) in [5.74, 6) is -0.200. The van der Waals surface area contributed by atoms with E-state index in [4.69, 9.17) is 9.47 Å². The number of halogens is 1. The number of alkyl halides is 1. The molecule has 0 bridgehead atoms. The van der Waals surface area contributed by atoms with Crippen molar-refractivity contribution in [3.8, 4) is 0 Å². The summed E-state index contributed by atoms with van der Waals surface area (Å²) in [5.41, 5.74) is -0.438. The van der Waals surface area contributed by atoms with E-state index in [2.05, 4.69) is 21.2 Å². The second-order valence-corrected chi connectivity index (χ2v) is 6.18. The quantitative estimate of drug-likeness (QED) is 0.623. The fraction of sp³-hybridized carbons (Fsp3) is 0.909. The standard InChI is InChI=1S/C11H20BrNO3/c1-11(2,3)16-10(14)8-6-5-7(12)9(13-8)15-4/h7-9,13H,5-6H2,1-4H3. The van der Waals surface area contributed by atoms with Gasteiger partial charge in [0.15, 0.2) is 0 Å². The molecule has 1 N–H and O–H groups in total. The van der Waals surface area contributed by atoms with Crippen molar-refractivity contribution in [1.29, 1.82) is 0 Å². The second-order valence-electron chi connectivity index (χ2n) is 5.00. The number of ether oxygens (including phenoxy) is 2. The lowest BCUT2D eigenvalue weighted by atomic mass is 10.0. The molecule has 1 aliphatic rings. The maximum absolute atomic E-state index is 11.8. The normalized spacial score (nSPS) is 31.2. The highest BCUT2D eigenvalue weighted by Crippen LogP contribution is 2.22. The molecule has 4 nitrogen and oxygen atoms in total. The fourth-order valence-electron chi connectivity index (χ4n) is 1.64. The molecule has 1 fully saturated rings. The Morgan fingerprint density at radius 1 is 1.38 bits per heavy atom. The first-order chi connectivity index (χ1) is 7.33. The van der Waals surface area contributed by atoms with Gasteiger partial charge in [0, 0.05) is 7.11 Å². The molecule has 0 saturated carbocycles. The second kappa shape index (κ2) is 5.47. The lowest BCUT2D eigenvalue weighted by Crippen LogP contribution is -2.53. The maximum Gasteiger partial charge on any atom is 0.323 e. The summed E-state index contributed by atoms with van der Waals surface area (Å²) in [4.78, 5) is 12.1. The summed E-state index contributed by atoms with van der Waals surface area (Å²) >= 11 is 3.51. The highest BCUT2D eigenvalue weighted by atomic mass is 79.9. The zero-order valence-electron chi connectivity index (χ0n) is 10.2. The van der Waals surface area contributed by atoms with E-state index in [1.165, 1.54) is 0 Å². The predicted octanol–water partition coefficient (Wildman–Crippen LogP) is 1.82. The van der Waals surface area contributed by atoms with Gasteiger partial charge in [0.25, 0.3) is 0 Å². The predicted molar refractivity (Wildman–Crippen MR) is 65.5 cm³/mol. The Balaban J connectivity index is 2.52. The van der Waals surface area contributed by atoms with Crippen LogP contribution in [0.25, 0.3) is 0 Å². The molecule has 3 unspecified atom stereocenters. The monoisotopic (exact) mass is 293 g/mol. The number of carbonyl (C=O) groups excluding carboxylic acids is 1. The molecule has 0 aromatic heterocycles. The number of esters is 1. The van der Waals surface area contributed by atoms with Gasteiger partial charge in [-0.1, -0.05) is 15.9 Å². The van der Waals surface area contributed by atoms with Crippen LogP contribution < -0.4 is 5.32 Å². The van der Waals surface area contributed by atoms with Crippen molar-refractivity contribution in [2.24, 2.45) is 0 Å². The van der Waals surface area contributed by atoms with Crippen LogP contribution in [0.3, 0.4) is 0 Å². The van der Waals surface area contributed by atoms with Gasteiger partial charge in [-0.3, -0.25) is 10.1 Å². The smallest absolute Gasteiger partial charge is 0.323 e. The highest BCUT2D eigenvalue weighted by Gasteiger charge is 2.34. The van der Waals surface area contributed by atoms with Crippen molar-refractivity contribution in [1.82, 2.24) is 5.32 Å². The Bertz CT molecular complexity index is 252. The zero-order valence-corrected chi connectivity index (χ0v) is 11.8. The van der Waals surface area contributed by atoms with Gasteiger partial charge in [-0.15, -0.1) is 0 Å². The molecule has 1 heterocycles. The maximum atomic E-state index is 11.8. The zero-order chi connectivity index (χ0) is 12.3. The minimum Gasteiger partial charge on any atom is -0.459 e. The van der Waals surface area contributed by atoms with E-state index < -0.39 is 5.60 Å². The fourth-order valence-corrected chi connectivity index (χ4v) is 2.27. The van der Waals surface area contributed by atoms with Crippen LogP contribution >= 0.6 is 15.9 Å². The van der Waals surface area contributed by atoms with Crippen molar-refractivity contribution in [2.45, 2.75) is 56.3 Å². The molecule has 0 aliphatic carbocycles. The van der Waals surface area contributed by atoms with Crippen LogP contribution in [-0.2, 0) is 14.3 Å². The van der Waals surface area contributed by atoms with Crippen molar-refractivity contribution in [2.75, 3.05) is 7.11 Å². The van der Waals surface area contributed by atoms with Gasteiger partial charge in [0.1, 0.15) is 17.9 Å². The molecule has 0 spiro atoms. The van der Waals surface area contributed by atoms with Crippen molar-refractivity contribution in [3.63, 3.8) is 0 Å². The van der Waals surface area contributed by atoms with Gasteiger partial charge in [-0.25, -0.2) is 0 Å². The Morgan fingerprint density at radius 2 is 2.00 bits per heavy atom. The first-order valence-electron chi connectivity index (χ1n) is 5.49. The summed E-state index contributed by atoms with van der Waals surface area (Å²) in [6.07, 6.45) is 1.53. The third-order valence-electron chi connectivity index (χ3n) is 2.37. The number of nitrogens with one attached hydrogen (secondary N) is 1. The Hall–Kier alpha value is -0.130. The highest BCUT2D eigenvalue weighted by molar-refractivity contribution is 9.09. The lowest BCUT2D eigenvalue weighted by molar-refractivity contribution is -0.159. The topological polar surface area (TPSA) is 47.6 Å². The molecule has 16 heavy (non-hydrogen) atoms. The van der Waals surface area contributed by atoms with Gasteiger partial charge >= 0.3 is 5.97 Å². The lowest BCUT2D eigenvalue weighted by Gasteiger charge is -2.34. The van der Waals surface area contributed by atoms with E-state index in [9.17, 15) is 4.79 Å². The van der Waals surface area contributed by atoms with Crippen molar-refractivity contribution >= 4 is 21.9 Å². The molecule has 3 atom stereocenters. The number of hydrogen-bond donors (Lipinski definition) is 1. The first kappa shape index (κ1) is 13.9. The first-order valence-corrected chi connectivity index (χ1v) is 6.41. The van der Waals surface area contributed by atoms with E-state index in [0.29, 0.717) is 0 Å². The van der Waals surface area contributed by atoms with Crippen molar-refractivity contribution in [3.05, 3.63) is 0 Å². The molecule has 0 aromatic carbocycles. The summed E-state index contributed by atoms with van der Waals surface area (Å²) in [5, 5.41) is 3.13. The van der Waals surface area contributed by atoms with E-state index in [1.54, 1.807) is 7.11 Å². The van der Waals surface area contributed by atoms with Crippen LogP contribution in [0.1, 0.15) is 33.6 Å².